The predicted molar refractivity (Wildman–Crippen MR) is 58.4 cm³/mol. The van der Waals surface area contributed by atoms with Crippen LogP contribution in [0.25, 0.3) is 0 Å². The van der Waals surface area contributed by atoms with Crippen molar-refractivity contribution in [3.05, 3.63) is 23.8 Å². The van der Waals surface area contributed by atoms with E-state index in [1.807, 2.05) is 11.8 Å². The van der Waals surface area contributed by atoms with Crippen LogP contribution in [-0.2, 0) is 0 Å². The SMILES string of the molecule is Cc1ccc2c(c1)NC(CN)CS2. The quantitative estimate of drug-likeness (QED) is 0.716. The van der Waals surface area contributed by atoms with Crippen LogP contribution >= 0.6 is 11.8 Å². The first kappa shape index (κ1) is 8.91. The van der Waals surface area contributed by atoms with E-state index in [-0.39, 0.29) is 0 Å². The average Bonchev–Trinajstić information content (AvgIpc) is 2.16. The average molecular weight is 194 g/mol. The van der Waals surface area contributed by atoms with Crippen molar-refractivity contribution in [1.82, 2.24) is 0 Å². The van der Waals surface area contributed by atoms with Crippen LogP contribution in [0.2, 0.25) is 0 Å². The molecule has 2 nitrogen and oxygen atoms in total. The van der Waals surface area contributed by atoms with Crippen molar-refractivity contribution in [2.24, 2.45) is 5.73 Å². The summed E-state index contributed by atoms with van der Waals surface area (Å²) < 4.78 is 0. The highest BCUT2D eigenvalue weighted by Crippen LogP contribution is 2.33. The molecule has 1 unspecified atom stereocenters. The van der Waals surface area contributed by atoms with Crippen LogP contribution in [-0.4, -0.2) is 18.3 Å². The standard InChI is InChI=1S/C10H14N2S/c1-7-2-3-10-9(4-7)12-8(5-11)6-13-10/h2-4,8,12H,5-6,11H2,1H3. The molecule has 1 aliphatic heterocycles. The van der Waals surface area contributed by atoms with E-state index in [1.165, 1.54) is 16.1 Å². The van der Waals surface area contributed by atoms with Crippen molar-refractivity contribution in [3.8, 4) is 0 Å². The minimum Gasteiger partial charge on any atom is -0.379 e. The number of nitrogens with two attached hydrogens (primary N) is 1. The first-order chi connectivity index (χ1) is 6.29. The first-order valence-electron chi connectivity index (χ1n) is 4.49. The molecule has 2 rings (SSSR count). The Morgan fingerprint density at radius 2 is 2.46 bits per heavy atom. The fourth-order valence-electron chi connectivity index (χ4n) is 1.46. The molecule has 1 aliphatic rings. The molecule has 0 amide bonds. The number of benzene rings is 1. The van der Waals surface area contributed by atoms with Gasteiger partial charge in [0.1, 0.15) is 0 Å². The van der Waals surface area contributed by atoms with E-state index in [4.69, 9.17) is 5.73 Å². The number of hydrogen-bond acceptors (Lipinski definition) is 3. The molecule has 0 fully saturated rings. The second kappa shape index (κ2) is 3.60. The van der Waals surface area contributed by atoms with Crippen LogP contribution in [0, 0.1) is 6.92 Å². The lowest BCUT2D eigenvalue weighted by molar-refractivity contribution is 0.803. The van der Waals surface area contributed by atoms with Crippen LogP contribution in [0.15, 0.2) is 23.1 Å². The zero-order valence-electron chi connectivity index (χ0n) is 7.71. The summed E-state index contributed by atoms with van der Waals surface area (Å²) in [6, 6.07) is 6.94. The molecule has 1 aromatic rings. The highest BCUT2D eigenvalue weighted by molar-refractivity contribution is 7.99. The third-order valence-electron chi connectivity index (χ3n) is 2.22. The third-order valence-corrected chi connectivity index (χ3v) is 3.46. The third kappa shape index (κ3) is 1.81. The van der Waals surface area contributed by atoms with E-state index in [9.17, 15) is 0 Å². The number of hydrogen-bond donors (Lipinski definition) is 2. The van der Waals surface area contributed by atoms with Crippen molar-refractivity contribution in [3.63, 3.8) is 0 Å². The summed E-state index contributed by atoms with van der Waals surface area (Å²) >= 11 is 1.89. The molecule has 0 spiro atoms. The van der Waals surface area contributed by atoms with E-state index in [2.05, 4.69) is 30.4 Å². The molecule has 13 heavy (non-hydrogen) atoms. The molecule has 70 valence electrons. The molecule has 0 saturated heterocycles. The maximum atomic E-state index is 5.62. The Hall–Kier alpha value is -0.670. The summed E-state index contributed by atoms with van der Waals surface area (Å²) in [7, 11) is 0. The van der Waals surface area contributed by atoms with Gasteiger partial charge in [0.25, 0.3) is 0 Å². The maximum Gasteiger partial charge on any atom is 0.0483 e. The largest absolute Gasteiger partial charge is 0.379 e. The van der Waals surface area contributed by atoms with Gasteiger partial charge < -0.3 is 11.1 Å². The molecule has 1 heterocycles. The fraction of sp³-hybridized carbons (Fsp3) is 0.400. The summed E-state index contributed by atoms with van der Waals surface area (Å²) in [5.74, 6) is 1.08. The topological polar surface area (TPSA) is 38.0 Å². The Kier molecular flexibility index (Phi) is 2.47. The van der Waals surface area contributed by atoms with Crippen LogP contribution in [0.5, 0.6) is 0 Å². The lowest BCUT2D eigenvalue weighted by Crippen LogP contribution is -2.33. The molecule has 1 atom stereocenters. The minimum absolute atomic E-state index is 0.430. The molecular weight excluding hydrogens is 180 g/mol. The van der Waals surface area contributed by atoms with Gasteiger partial charge in [0.15, 0.2) is 0 Å². The van der Waals surface area contributed by atoms with Crippen molar-refractivity contribution in [1.29, 1.82) is 0 Å². The summed E-state index contributed by atoms with van der Waals surface area (Å²) in [6.45, 7) is 2.82. The van der Waals surface area contributed by atoms with E-state index >= 15 is 0 Å². The monoisotopic (exact) mass is 194 g/mol. The molecular formula is C10H14N2S. The lowest BCUT2D eigenvalue weighted by atomic mass is 10.2. The molecule has 0 aliphatic carbocycles. The van der Waals surface area contributed by atoms with Crippen molar-refractivity contribution in [2.45, 2.75) is 17.9 Å². The minimum atomic E-state index is 0.430. The predicted octanol–water partition coefficient (Wildman–Crippen LogP) is 1.84. The number of rotatable bonds is 1. The van der Waals surface area contributed by atoms with Gasteiger partial charge in [-0.2, -0.15) is 0 Å². The lowest BCUT2D eigenvalue weighted by Gasteiger charge is -2.25. The fourth-order valence-corrected chi connectivity index (χ4v) is 2.50. The van der Waals surface area contributed by atoms with Gasteiger partial charge in [-0.25, -0.2) is 0 Å². The van der Waals surface area contributed by atoms with Gasteiger partial charge in [-0.1, -0.05) is 6.07 Å². The van der Waals surface area contributed by atoms with Gasteiger partial charge in [0.2, 0.25) is 0 Å². The second-order valence-electron chi connectivity index (χ2n) is 3.39. The number of fused-ring (bicyclic) bond motifs is 1. The van der Waals surface area contributed by atoms with E-state index in [1.54, 1.807) is 0 Å². The Balaban J connectivity index is 2.27. The summed E-state index contributed by atoms with van der Waals surface area (Å²) in [5.41, 5.74) is 8.16. The number of nitrogens with one attached hydrogen (secondary N) is 1. The Morgan fingerprint density at radius 3 is 3.23 bits per heavy atom. The van der Waals surface area contributed by atoms with Crippen molar-refractivity contribution < 1.29 is 0 Å². The Labute approximate surface area is 82.9 Å². The van der Waals surface area contributed by atoms with Crippen LogP contribution in [0.1, 0.15) is 5.56 Å². The molecule has 3 N–H and O–H groups in total. The van der Waals surface area contributed by atoms with Gasteiger partial charge in [0.05, 0.1) is 0 Å². The molecule has 1 aromatic carbocycles. The van der Waals surface area contributed by atoms with Gasteiger partial charge in [-0.05, 0) is 24.6 Å². The highest BCUT2D eigenvalue weighted by atomic mass is 32.2. The zero-order chi connectivity index (χ0) is 9.26. The first-order valence-corrected chi connectivity index (χ1v) is 5.48. The smallest absolute Gasteiger partial charge is 0.0483 e. The molecule has 0 radical (unpaired) electrons. The van der Waals surface area contributed by atoms with Crippen LogP contribution in [0.3, 0.4) is 0 Å². The summed E-state index contributed by atoms with van der Waals surface area (Å²) in [5, 5.41) is 3.44. The van der Waals surface area contributed by atoms with E-state index in [0.717, 1.165) is 5.75 Å². The normalized spacial score (nSPS) is 20.6. The number of aryl methyl sites for hydroxylation is 1. The Morgan fingerprint density at radius 1 is 1.62 bits per heavy atom. The van der Waals surface area contributed by atoms with Gasteiger partial charge in [-0.15, -0.1) is 11.8 Å². The van der Waals surface area contributed by atoms with Gasteiger partial charge in [-0.3, -0.25) is 0 Å². The second-order valence-corrected chi connectivity index (χ2v) is 4.45. The molecule has 0 saturated carbocycles. The zero-order valence-corrected chi connectivity index (χ0v) is 8.53. The van der Waals surface area contributed by atoms with Gasteiger partial charge in [0, 0.05) is 28.9 Å². The molecule has 0 bridgehead atoms. The van der Waals surface area contributed by atoms with E-state index < -0.39 is 0 Å². The summed E-state index contributed by atoms with van der Waals surface area (Å²) in [6.07, 6.45) is 0. The van der Waals surface area contributed by atoms with Crippen molar-refractivity contribution in [2.75, 3.05) is 17.6 Å². The van der Waals surface area contributed by atoms with Crippen molar-refractivity contribution >= 4 is 17.4 Å². The van der Waals surface area contributed by atoms with E-state index in [0.29, 0.717) is 12.6 Å². The Bertz CT molecular complexity index is 312. The van der Waals surface area contributed by atoms with Crippen LogP contribution in [0.4, 0.5) is 5.69 Å². The highest BCUT2D eigenvalue weighted by Gasteiger charge is 2.16. The van der Waals surface area contributed by atoms with Crippen LogP contribution < -0.4 is 11.1 Å². The molecule has 0 aromatic heterocycles. The summed E-state index contributed by atoms with van der Waals surface area (Å²) in [4.78, 5) is 1.34. The van der Waals surface area contributed by atoms with Gasteiger partial charge >= 0.3 is 0 Å². The molecule has 3 heteroatoms. The maximum absolute atomic E-state index is 5.62. The number of thioether (sulfide) groups is 1. The number of anilines is 1.